The molecule has 1 rings (SSSR count). The predicted octanol–water partition coefficient (Wildman–Crippen LogP) is 2.66. The fourth-order valence-electron chi connectivity index (χ4n) is 1.46. The maximum Gasteiger partial charge on any atom is 0.226 e. The van der Waals surface area contributed by atoms with Crippen LogP contribution >= 0.6 is 0 Å². The van der Waals surface area contributed by atoms with Crippen LogP contribution in [0.1, 0.15) is 19.4 Å². The average molecular weight is 220 g/mol. The van der Waals surface area contributed by atoms with Gasteiger partial charge in [-0.2, -0.15) is 0 Å². The number of carbonyl (C=O) groups excluding carboxylic acids is 1. The monoisotopic (exact) mass is 220 g/mol. The van der Waals surface area contributed by atoms with Crippen LogP contribution in [0.2, 0.25) is 0 Å². The Morgan fingerprint density at radius 3 is 2.44 bits per heavy atom. The normalized spacial score (nSPS) is 10.4. The third kappa shape index (κ3) is 2.99. The van der Waals surface area contributed by atoms with Gasteiger partial charge in [0.15, 0.2) is 0 Å². The van der Waals surface area contributed by atoms with Crippen LogP contribution < -0.4 is 10.2 Å². The first-order valence-electron chi connectivity index (χ1n) is 5.50. The number of nitrogens with one attached hydrogen (secondary N) is 1. The molecule has 0 aromatic heterocycles. The van der Waals surface area contributed by atoms with Gasteiger partial charge >= 0.3 is 0 Å². The molecular formula is C13H20N2O. The smallest absolute Gasteiger partial charge is 0.226 e. The molecule has 0 heterocycles. The molecule has 1 aromatic carbocycles. The second-order valence-corrected chi connectivity index (χ2v) is 4.54. The number of rotatable bonds is 3. The molecule has 0 aliphatic carbocycles. The van der Waals surface area contributed by atoms with Crippen molar-refractivity contribution in [2.75, 3.05) is 24.3 Å². The van der Waals surface area contributed by atoms with E-state index in [1.165, 1.54) is 5.56 Å². The molecule has 88 valence electrons. The minimum absolute atomic E-state index is 0.00380. The Morgan fingerprint density at radius 2 is 1.94 bits per heavy atom. The van der Waals surface area contributed by atoms with Crippen LogP contribution in [0.4, 0.5) is 11.4 Å². The molecule has 1 N–H and O–H groups in total. The van der Waals surface area contributed by atoms with E-state index in [9.17, 15) is 4.79 Å². The van der Waals surface area contributed by atoms with Crippen molar-refractivity contribution in [3.05, 3.63) is 23.8 Å². The van der Waals surface area contributed by atoms with E-state index in [1.54, 1.807) is 0 Å². The van der Waals surface area contributed by atoms with Crippen molar-refractivity contribution >= 4 is 17.3 Å². The van der Waals surface area contributed by atoms with Gasteiger partial charge in [0, 0.05) is 31.4 Å². The molecule has 0 atom stereocenters. The van der Waals surface area contributed by atoms with Gasteiger partial charge in [-0.05, 0) is 24.6 Å². The van der Waals surface area contributed by atoms with Crippen LogP contribution in [-0.2, 0) is 4.79 Å². The lowest BCUT2D eigenvalue weighted by Crippen LogP contribution is -2.18. The summed E-state index contributed by atoms with van der Waals surface area (Å²) in [4.78, 5) is 13.6. The Kier molecular flexibility index (Phi) is 3.93. The van der Waals surface area contributed by atoms with Gasteiger partial charge in [0.1, 0.15) is 0 Å². The summed E-state index contributed by atoms with van der Waals surface area (Å²) in [6, 6.07) is 5.95. The van der Waals surface area contributed by atoms with E-state index in [0.717, 1.165) is 11.4 Å². The number of hydrogen-bond acceptors (Lipinski definition) is 2. The topological polar surface area (TPSA) is 32.3 Å². The second-order valence-electron chi connectivity index (χ2n) is 4.54. The molecule has 3 heteroatoms. The summed E-state index contributed by atoms with van der Waals surface area (Å²) in [5, 5.41) is 2.90. The first-order chi connectivity index (χ1) is 7.41. The highest BCUT2D eigenvalue weighted by atomic mass is 16.1. The van der Waals surface area contributed by atoms with Gasteiger partial charge in [-0.3, -0.25) is 4.79 Å². The number of amides is 1. The van der Waals surface area contributed by atoms with E-state index in [-0.39, 0.29) is 11.8 Å². The Labute approximate surface area is 97.5 Å². The largest absolute Gasteiger partial charge is 0.377 e. The van der Waals surface area contributed by atoms with Gasteiger partial charge in [0.25, 0.3) is 0 Å². The summed E-state index contributed by atoms with van der Waals surface area (Å²) in [6.45, 7) is 5.83. The summed E-state index contributed by atoms with van der Waals surface area (Å²) < 4.78 is 0. The highest BCUT2D eigenvalue weighted by Gasteiger charge is 2.08. The number of nitrogens with zero attached hydrogens (tertiary/aromatic N) is 1. The van der Waals surface area contributed by atoms with E-state index in [2.05, 4.69) is 12.2 Å². The molecule has 0 aliphatic rings. The molecule has 0 bridgehead atoms. The fourth-order valence-corrected chi connectivity index (χ4v) is 1.46. The molecule has 0 aliphatic heterocycles. The molecule has 0 radical (unpaired) electrons. The Bertz CT molecular complexity index is 384. The molecule has 3 nitrogen and oxygen atoms in total. The third-order valence-electron chi connectivity index (χ3n) is 2.48. The van der Waals surface area contributed by atoms with Crippen LogP contribution in [0.15, 0.2) is 18.2 Å². The zero-order valence-electron chi connectivity index (χ0n) is 10.7. The summed E-state index contributed by atoms with van der Waals surface area (Å²) in [7, 11) is 3.99. The molecule has 1 amide bonds. The quantitative estimate of drug-likeness (QED) is 0.849. The molecule has 0 spiro atoms. The molecule has 0 fully saturated rings. The van der Waals surface area contributed by atoms with E-state index < -0.39 is 0 Å². The number of anilines is 2. The van der Waals surface area contributed by atoms with Gasteiger partial charge in [0.2, 0.25) is 5.91 Å². The molecule has 0 saturated heterocycles. The van der Waals surface area contributed by atoms with Gasteiger partial charge in [0.05, 0.1) is 0 Å². The summed E-state index contributed by atoms with van der Waals surface area (Å²) in [6.07, 6.45) is 0. The average Bonchev–Trinajstić information content (AvgIpc) is 2.20. The summed E-state index contributed by atoms with van der Waals surface area (Å²) >= 11 is 0. The lowest BCUT2D eigenvalue weighted by atomic mass is 10.1. The van der Waals surface area contributed by atoms with Crippen LogP contribution in [0.25, 0.3) is 0 Å². The predicted molar refractivity (Wildman–Crippen MR) is 69.0 cm³/mol. The van der Waals surface area contributed by atoms with Crippen LogP contribution in [0.3, 0.4) is 0 Å². The maximum absolute atomic E-state index is 11.6. The molecule has 0 saturated carbocycles. The third-order valence-corrected chi connectivity index (χ3v) is 2.48. The zero-order valence-corrected chi connectivity index (χ0v) is 10.7. The van der Waals surface area contributed by atoms with Crippen molar-refractivity contribution in [1.82, 2.24) is 0 Å². The van der Waals surface area contributed by atoms with Crippen LogP contribution in [-0.4, -0.2) is 20.0 Å². The van der Waals surface area contributed by atoms with Gasteiger partial charge in [-0.1, -0.05) is 19.9 Å². The first-order valence-corrected chi connectivity index (χ1v) is 5.50. The van der Waals surface area contributed by atoms with Crippen molar-refractivity contribution in [2.24, 2.45) is 5.92 Å². The van der Waals surface area contributed by atoms with Crippen molar-refractivity contribution in [3.8, 4) is 0 Å². The second kappa shape index (κ2) is 5.01. The number of carbonyl (C=O) groups is 1. The van der Waals surface area contributed by atoms with Crippen molar-refractivity contribution in [3.63, 3.8) is 0 Å². The standard InChI is InChI=1S/C13H20N2O/c1-9(2)13(16)14-11-7-6-10(3)12(8-11)15(4)5/h6-9H,1-5H3,(H,14,16). The Balaban J connectivity index is 2.91. The van der Waals surface area contributed by atoms with Crippen LogP contribution in [0.5, 0.6) is 0 Å². The SMILES string of the molecule is Cc1ccc(NC(=O)C(C)C)cc1N(C)C. The molecule has 1 aromatic rings. The van der Waals surface area contributed by atoms with E-state index in [1.807, 2.05) is 51.0 Å². The zero-order chi connectivity index (χ0) is 12.3. The molecule has 16 heavy (non-hydrogen) atoms. The van der Waals surface area contributed by atoms with Crippen molar-refractivity contribution in [1.29, 1.82) is 0 Å². The van der Waals surface area contributed by atoms with Crippen molar-refractivity contribution in [2.45, 2.75) is 20.8 Å². The lowest BCUT2D eigenvalue weighted by Gasteiger charge is -2.17. The summed E-state index contributed by atoms with van der Waals surface area (Å²) in [5.74, 6) is 0.0534. The molecular weight excluding hydrogens is 200 g/mol. The van der Waals surface area contributed by atoms with Crippen molar-refractivity contribution < 1.29 is 4.79 Å². The van der Waals surface area contributed by atoms with Gasteiger partial charge < -0.3 is 10.2 Å². The van der Waals surface area contributed by atoms with Crippen LogP contribution in [0, 0.1) is 12.8 Å². The number of aryl methyl sites for hydroxylation is 1. The van der Waals surface area contributed by atoms with E-state index >= 15 is 0 Å². The maximum atomic E-state index is 11.6. The number of benzene rings is 1. The van der Waals surface area contributed by atoms with Gasteiger partial charge in [-0.25, -0.2) is 0 Å². The first kappa shape index (κ1) is 12.6. The fraction of sp³-hybridized carbons (Fsp3) is 0.462. The lowest BCUT2D eigenvalue weighted by molar-refractivity contribution is -0.118. The minimum atomic E-state index is 0.00380. The number of hydrogen-bond donors (Lipinski definition) is 1. The van der Waals surface area contributed by atoms with Gasteiger partial charge in [-0.15, -0.1) is 0 Å². The Morgan fingerprint density at radius 1 is 1.31 bits per heavy atom. The molecule has 0 unspecified atom stereocenters. The Hall–Kier alpha value is -1.51. The summed E-state index contributed by atoms with van der Waals surface area (Å²) in [5.41, 5.74) is 3.18. The van der Waals surface area contributed by atoms with E-state index in [4.69, 9.17) is 0 Å². The van der Waals surface area contributed by atoms with E-state index in [0.29, 0.717) is 0 Å². The minimum Gasteiger partial charge on any atom is -0.377 e. The highest BCUT2D eigenvalue weighted by molar-refractivity contribution is 5.92. The highest BCUT2D eigenvalue weighted by Crippen LogP contribution is 2.22.